The summed E-state index contributed by atoms with van der Waals surface area (Å²) in [4.78, 5) is 11.1. The van der Waals surface area contributed by atoms with Gasteiger partial charge in [-0.05, 0) is 6.42 Å². The first-order valence-electron chi connectivity index (χ1n) is 6.94. The Balaban J connectivity index is 0.00000361. The van der Waals surface area contributed by atoms with Crippen molar-refractivity contribution < 1.29 is 0 Å². The minimum Gasteiger partial charge on any atom is -0.351 e. The van der Waals surface area contributed by atoms with Crippen molar-refractivity contribution in [3.8, 4) is 0 Å². The van der Waals surface area contributed by atoms with E-state index in [-0.39, 0.29) is 24.0 Å². The van der Waals surface area contributed by atoms with E-state index in [1.54, 1.807) is 11.3 Å². The molecular formula is C14H27IN4S. The van der Waals surface area contributed by atoms with E-state index < -0.39 is 0 Å². The molecule has 0 fully saturated rings. The first-order valence-corrected chi connectivity index (χ1v) is 7.82. The van der Waals surface area contributed by atoms with Gasteiger partial charge in [-0.3, -0.25) is 4.99 Å². The number of hydrogen-bond acceptors (Lipinski definition) is 3. The van der Waals surface area contributed by atoms with Gasteiger partial charge in [-0.15, -0.1) is 35.3 Å². The number of aromatic nitrogens is 1. The van der Waals surface area contributed by atoms with E-state index in [0.29, 0.717) is 5.92 Å². The van der Waals surface area contributed by atoms with Crippen molar-refractivity contribution in [2.45, 2.75) is 46.1 Å². The number of guanidine groups is 1. The molecule has 0 aliphatic rings. The smallest absolute Gasteiger partial charge is 0.193 e. The molecule has 0 aliphatic carbocycles. The lowest BCUT2D eigenvalue weighted by molar-refractivity contribution is 0.464. The van der Waals surface area contributed by atoms with Gasteiger partial charge >= 0.3 is 0 Å². The molecule has 0 amide bonds. The van der Waals surface area contributed by atoms with Crippen LogP contribution in [0.5, 0.6) is 0 Å². The maximum Gasteiger partial charge on any atom is 0.193 e. The number of nitrogens with zero attached hydrogens (tertiary/aromatic N) is 3. The molecular weight excluding hydrogens is 383 g/mol. The van der Waals surface area contributed by atoms with Gasteiger partial charge in [0.25, 0.3) is 0 Å². The minimum absolute atomic E-state index is 0. The molecule has 1 aromatic rings. The van der Waals surface area contributed by atoms with Crippen molar-refractivity contribution in [2.24, 2.45) is 4.99 Å². The summed E-state index contributed by atoms with van der Waals surface area (Å²) in [7, 11) is 3.90. The van der Waals surface area contributed by atoms with Crippen molar-refractivity contribution in [3.05, 3.63) is 16.1 Å². The lowest BCUT2D eigenvalue weighted by Gasteiger charge is -2.21. The van der Waals surface area contributed by atoms with Crippen molar-refractivity contribution in [1.29, 1.82) is 0 Å². The molecule has 1 N–H and O–H groups in total. The summed E-state index contributed by atoms with van der Waals surface area (Å²) in [5, 5.41) is 6.69. The van der Waals surface area contributed by atoms with E-state index in [2.05, 4.69) is 53.4 Å². The van der Waals surface area contributed by atoms with Crippen LogP contribution < -0.4 is 5.32 Å². The highest BCUT2D eigenvalue weighted by Gasteiger charge is 2.08. The summed E-state index contributed by atoms with van der Waals surface area (Å²) in [6, 6.07) is 0. The predicted octanol–water partition coefficient (Wildman–Crippen LogP) is 3.69. The zero-order valence-electron chi connectivity index (χ0n) is 13.1. The van der Waals surface area contributed by atoms with Crippen LogP contribution in [0.4, 0.5) is 0 Å². The van der Waals surface area contributed by atoms with Gasteiger partial charge in [-0.25, -0.2) is 4.98 Å². The Bertz CT molecular complexity index is 404. The molecule has 116 valence electrons. The highest BCUT2D eigenvalue weighted by atomic mass is 127. The van der Waals surface area contributed by atoms with Crippen molar-refractivity contribution in [2.75, 3.05) is 20.6 Å². The van der Waals surface area contributed by atoms with Gasteiger partial charge in [0.15, 0.2) is 5.96 Å². The fourth-order valence-corrected chi connectivity index (χ4v) is 2.56. The van der Waals surface area contributed by atoms with Gasteiger partial charge in [-0.1, -0.05) is 27.2 Å². The lowest BCUT2D eigenvalue weighted by atomic mass is 10.2. The topological polar surface area (TPSA) is 40.5 Å². The van der Waals surface area contributed by atoms with E-state index in [1.807, 2.05) is 7.05 Å². The molecule has 20 heavy (non-hydrogen) atoms. The van der Waals surface area contributed by atoms with E-state index >= 15 is 0 Å². The second-order valence-corrected chi connectivity index (χ2v) is 5.90. The maximum atomic E-state index is 4.62. The molecule has 0 saturated carbocycles. The SMILES string of the molecule is CCCCN(C)C(=NC)NCc1csc(C(C)C)n1.I. The molecule has 6 heteroatoms. The van der Waals surface area contributed by atoms with Crippen LogP contribution in [-0.4, -0.2) is 36.5 Å². The van der Waals surface area contributed by atoms with Crippen LogP contribution in [-0.2, 0) is 6.54 Å². The van der Waals surface area contributed by atoms with Gasteiger partial charge in [0.2, 0.25) is 0 Å². The van der Waals surface area contributed by atoms with Gasteiger partial charge < -0.3 is 10.2 Å². The summed E-state index contributed by atoms with van der Waals surface area (Å²) in [6.45, 7) is 8.32. The molecule has 4 nitrogen and oxygen atoms in total. The predicted molar refractivity (Wildman–Crippen MR) is 99.4 cm³/mol. The van der Waals surface area contributed by atoms with Crippen LogP contribution in [0.3, 0.4) is 0 Å². The second-order valence-electron chi connectivity index (χ2n) is 5.01. The molecule has 1 aromatic heterocycles. The Morgan fingerprint density at radius 3 is 2.70 bits per heavy atom. The Hall–Kier alpha value is -0.370. The molecule has 1 heterocycles. The summed E-state index contributed by atoms with van der Waals surface area (Å²) in [6.07, 6.45) is 2.39. The molecule has 1 rings (SSSR count). The van der Waals surface area contributed by atoms with Crippen molar-refractivity contribution >= 4 is 41.3 Å². The summed E-state index contributed by atoms with van der Waals surface area (Å²) < 4.78 is 0. The van der Waals surface area contributed by atoms with Crippen LogP contribution in [0.15, 0.2) is 10.4 Å². The van der Waals surface area contributed by atoms with Crippen molar-refractivity contribution in [3.63, 3.8) is 0 Å². The maximum absolute atomic E-state index is 4.62. The highest BCUT2D eigenvalue weighted by molar-refractivity contribution is 14.0. The second kappa shape index (κ2) is 10.4. The van der Waals surface area contributed by atoms with E-state index in [0.717, 1.165) is 24.7 Å². The van der Waals surface area contributed by atoms with Gasteiger partial charge in [-0.2, -0.15) is 0 Å². The molecule has 0 spiro atoms. The monoisotopic (exact) mass is 410 g/mol. The van der Waals surface area contributed by atoms with Gasteiger partial charge in [0.05, 0.1) is 17.2 Å². The average molecular weight is 410 g/mol. The molecule has 0 saturated heterocycles. The standard InChI is InChI=1S/C14H26N4S.HI/c1-6-7-8-18(5)14(15-4)16-9-12-10-19-13(17-12)11(2)3;/h10-11H,6-9H2,1-5H3,(H,15,16);1H. The quantitative estimate of drug-likeness (QED) is 0.442. The average Bonchev–Trinajstić information content (AvgIpc) is 2.86. The van der Waals surface area contributed by atoms with Crippen molar-refractivity contribution in [1.82, 2.24) is 15.2 Å². The number of rotatable bonds is 6. The molecule has 0 bridgehead atoms. The van der Waals surface area contributed by atoms with Crippen LogP contribution in [0.1, 0.15) is 50.2 Å². The molecule has 0 aromatic carbocycles. The van der Waals surface area contributed by atoms with Crippen LogP contribution >= 0.6 is 35.3 Å². The molecule has 0 radical (unpaired) electrons. The first-order chi connectivity index (χ1) is 9.08. The number of unbranched alkanes of at least 4 members (excludes halogenated alkanes) is 1. The fourth-order valence-electron chi connectivity index (χ4n) is 1.72. The third kappa shape index (κ3) is 6.39. The number of thiazole rings is 1. The first kappa shape index (κ1) is 19.6. The number of aliphatic imine (C=N–C) groups is 1. The number of nitrogens with one attached hydrogen (secondary N) is 1. The number of halogens is 1. The minimum atomic E-state index is 0. The lowest BCUT2D eigenvalue weighted by Crippen LogP contribution is -2.39. The fraction of sp³-hybridized carbons (Fsp3) is 0.714. The van der Waals surface area contributed by atoms with Crippen LogP contribution in [0, 0.1) is 0 Å². The largest absolute Gasteiger partial charge is 0.351 e. The summed E-state index contributed by atoms with van der Waals surface area (Å²) in [5.74, 6) is 1.44. The zero-order valence-corrected chi connectivity index (χ0v) is 16.3. The number of hydrogen-bond donors (Lipinski definition) is 1. The summed E-state index contributed by atoms with van der Waals surface area (Å²) in [5.41, 5.74) is 1.10. The Morgan fingerprint density at radius 2 is 2.20 bits per heavy atom. The van der Waals surface area contributed by atoms with Crippen LogP contribution in [0.2, 0.25) is 0 Å². The van der Waals surface area contributed by atoms with Gasteiger partial charge in [0, 0.05) is 31.9 Å². The summed E-state index contributed by atoms with van der Waals surface area (Å²) >= 11 is 1.73. The zero-order chi connectivity index (χ0) is 14.3. The van der Waals surface area contributed by atoms with Crippen LogP contribution in [0.25, 0.3) is 0 Å². The molecule has 0 aliphatic heterocycles. The normalized spacial score (nSPS) is 11.4. The Kier molecular flexibility index (Phi) is 10.2. The van der Waals surface area contributed by atoms with Gasteiger partial charge in [0.1, 0.15) is 0 Å². The highest BCUT2D eigenvalue weighted by Crippen LogP contribution is 2.18. The third-order valence-electron chi connectivity index (χ3n) is 2.91. The molecule has 0 atom stereocenters. The Morgan fingerprint density at radius 1 is 1.50 bits per heavy atom. The van der Waals surface area contributed by atoms with E-state index in [4.69, 9.17) is 0 Å². The van der Waals surface area contributed by atoms with E-state index in [1.165, 1.54) is 17.8 Å². The van der Waals surface area contributed by atoms with E-state index in [9.17, 15) is 0 Å². The third-order valence-corrected chi connectivity index (χ3v) is 4.11. The Labute approximate surface area is 144 Å². The molecule has 0 unspecified atom stereocenters.